The smallest absolute Gasteiger partial charge is 0.459 e. The highest BCUT2D eigenvalue weighted by Crippen LogP contribution is 2.48. The molecule has 3 rings (SSSR count). The third-order valence-electron chi connectivity index (χ3n) is 4.96. The minimum atomic E-state index is -4.52. The number of aliphatic hydroxyl groups is 2. The first-order chi connectivity index (χ1) is 16.8. The molecule has 13 nitrogen and oxygen atoms in total. The van der Waals surface area contributed by atoms with Gasteiger partial charge >= 0.3 is 19.4 Å². The minimum absolute atomic E-state index is 0.0521. The van der Waals surface area contributed by atoms with Crippen LogP contribution in [0.4, 0.5) is 4.39 Å². The predicted octanol–water partition coefficient (Wildman–Crippen LogP) is 0.586. The maximum Gasteiger partial charge on any atom is 0.459 e. The first kappa shape index (κ1) is 27.7. The molecule has 1 aromatic heterocycles. The molecule has 2 heterocycles. The van der Waals surface area contributed by atoms with E-state index in [9.17, 15) is 29.2 Å². The molecule has 2 aromatic rings. The zero-order valence-corrected chi connectivity index (χ0v) is 20.5. The lowest BCUT2D eigenvalue weighted by molar-refractivity contribution is -0.204. The van der Waals surface area contributed by atoms with Crippen molar-refractivity contribution >= 4 is 13.7 Å². The monoisotopic (exact) mass is 531 g/mol. The van der Waals surface area contributed by atoms with Crippen LogP contribution in [0.2, 0.25) is 0 Å². The Hall–Kier alpha value is -2.87. The molecular formula is C21H27FN3O10P. The van der Waals surface area contributed by atoms with E-state index in [2.05, 4.69) is 5.09 Å². The summed E-state index contributed by atoms with van der Waals surface area (Å²) in [6.07, 6.45) is -5.50. The number of halogens is 1. The Bertz CT molecular complexity index is 1220. The largest absolute Gasteiger partial charge is 0.462 e. The molecule has 15 heteroatoms. The van der Waals surface area contributed by atoms with Crippen LogP contribution in [0.5, 0.6) is 5.75 Å². The Morgan fingerprint density at radius 1 is 1.25 bits per heavy atom. The number of hydrogen-bond donors (Lipinski definition) is 4. The number of para-hydroxylation sites is 1. The number of benzene rings is 1. The second kappa shape index (κ2) is 11.0. The summed E-state index contributed by atoms with van der Waals surface area (Å²) in [6.45, 7) is 3.30. The van der Waals surface area contributed by atoms with Gasteiger partial charge in [-0.2, -0.15) is 5.09 Å². The van der Waals surface area contributed by atoms with Gasteiger partial charge in [0.2, 0.25) is 0 Å². The summed E-state index contributed by atoms with van der Waals surface area (Å²) in [5, 5.41) is 23.0. The molecular weight excluding hydrogens is 504 g/mol. The Morgan fingerprint density at radius 2 is 1.92 bits per heavy atom. The van der Waals surface area contributed by atoms with Crippen LogP contribution in [0, 0.1) is 0 Å². The van der Waals surface area contributed by atoms with Crippen molar-refractivity contribution in [2.75, 3.05) is 6.61 Å². The lowest BCUT2D eigenvalue weighted by Crippen LogP contribution is -2.44. The van der Waals surface area contributed by atoms with E-state index in [-0.39, 0.29) is 5.75 Å². The molecule has 198 valence electrons. The summed E-state index contributed by atoms with van der Waals surface area (Å²) in [5.41, 5.74) is -1.77. The van der Waals surface area contributed by atoms with E-state index in [1.54, 1.807) is 32.0 Å². The van der Waals surface area contributed by atoms with Gasteiger partial charge in [-0.05, 0) is 32.9 Å². The Labute approximate surface area is 204 Å². The number of rotatable bonds is 10. The van der Waals surface area contributed by atoms with E-state index >= 15 is 4.39 Å². The van der Waals surface area contributed by atoms with E-state index in [1.165, 1.54) is 19.1 Å². The number of alkyl halides is 1. The van der Waals surface area contributed by atoms with Crippen LogP contribution >= 0.6 is 7.75 Å². The third-order valence-corrected chi connectivity index (χ3v) is 6.58. The fourth-order valence-corrected chi connectivity index (χ4v) is 4.73. The first-order valence-electron chi connectivity index (χ1n) is 10.9. The van der Waals surface area contributed by atoms with E-state index in [0.717, 1.165) is 12.3 Å². The van der Waals surface area contributed by atoms with E-state index in [1.807, 2.05) is 4.98 Å². The molecule has 1 aromatic carbocycles. The van der Waals surface area contributed by atoms with Crippen LogP contribution in [0.15, 0.2) is 52.2 Å². The van der Waals surface area contributed by atoms with Gasteiger partial charge in [-0.15, -0.1) is 0 Å². The van der Waals surface area contributed by atoms with E-state index < -0.39 is 68.0 Å². The van der Waals surface area contributed by atoms with Gasteiger partial charge in [-0.1, -0.05) is 18.2 Å². The second-order valence-electron chi connectivity index (χ2n) is 8.26. The Balaban J connectivity index is 1.81. The highest BCUT2D eigenvalue weighted by atomic mass is 31.2. The molecule has 2 unspecified atom stereocenters. The average molecular weight is 531 g/mol. The van der Waals surface area contributed by atoms with Gasteiger partial charge in [0, 0.05) is 12.3 Å². The molecule has 0 aliphatic carbocycles. The number of esters is 1. The number of aromatic amines is 1. The molecule has 0 saturated carbocycles. The van der Waals surface area contributed by atoms with Gasteiger partial charge in [0.25, 0.3) is 11.4 Å². The summed E-state index contributed by atoms with van der Waals surface area (Å²) < 4.78 is 50.5. The number of H-pyrrole nitrogens is 1. The highest BCUT2D eigenvalue weighted by Gasteiger charge is 2.57. The normalized spacial score (nSPS) is 26.4. The van der Waals surface area contributed by atoms with Gasteiger partial charge in [0.1, 0.15) is 30.6 Å². The molecule has 1 saturated heterocycles. The van der Waals surface area contributed by atoms with Crippen molar-refractivity contribution in [3.63, 3.8) is 0 Å². The number of carbonyl (C=O) groups excluding carboxylic acids is 1. The molecule has 1 aliphatic heterocycles. The standard InChI is InChI=1S/C21H27FN3O10P/c1-12(2)33-19(29)13(3)24-36(31,35-14-7-5-4-6-8-14)32-11-21(22)17(28)16(27)18(34-21)25-10-9-15(26)23-20(25)30/h4-10,12-13,16-18,27-28H,11H2,1-3H3,(H,24,31)(H,23,26,30)/t13-,16-,17+,18?,21-,36?/m1/s1. The van der Waals surface area contributed by atoms with Crippen LogP contribution in [0.25, 0.3) is 0 Å². The zero-order chi connectivity index (χ0) is 26.7. The van der Waals surface area contributed by atoms with Crippen molar-refractivity contribution in [3.05, 3.63) is 63.4 Å². The minimum Gasteiger partial charge on any atom is -0.462 e. The Kier molecular flexibility index (Phi) is 8.49. The van der Waals surface area contributed by atoms with E-state index in [0.29, 0.717) is 4.57 Å². The molecule has 1 aliphatic rings. The van der Waals surface area contributed by atoms with Crippen molar-refractivity contribution in [1.29, 1.82) is 0 Å². The highest BCUT2D eigenvalue weighted by molar-refractivity contribution is 7.52. The SMILES string of the molecule is CC(C)OC(=O)[C@@H](C)NP(=O)(OC[C@@]1(F)OC(n2ccc(=O)[nH]c2=O)[C@H](O)[C@@H]1O)Oc1ccccc1. The number of aliphatic hydroxyl groups excluding tert-OH is 2. The molecule has 0 radical (unpaired) electrons. The lowest BCUT2D eigenvalue weighted by atomic mass is 10.1. The summed E-state index contributed by atoms with van der Waals surface area (Å²) in [7, 11) is -4.52. The van der Waals surface area contributed by atoms with Gasteiger partial charge in [0.05, 0.1) is 6.10 Å². The molecule has 0 bridgehead atoms. The molecule has 0 amide bonds. The summed E-state index contributed by atoms with van der Waals surface area (Å²) in [4.78, 5) is 37.4. The fraction of sp³-hybridized carbons (Fsp3) is 0.476. The van der Waals surface area contributed by atoms with Crippen LogP contribution in [0.3, 0.4) is 0 Å². The molecule has 6 atom stereocenters. The van der Waals surface area contributed by atoms with Crippen LogP contribution < -0.4 is 20.9 Å². The van der Waals surface area contributed by atoms with E-state index in [4.69, 9.17) is 18.5 Å². The maximum atomic E-state index is 15.6. The van der Waals surface area contributed by atoms with Crippen LogP contribution in [0.1, 0.15) is 27.0 Å². The number of ether oxygens (including phenoxy) is 2. The summed E-state index contributed by atoms with van der Waals surface area (Å²) >= 11 is 0. The second-order valence-corrected chi connectivity index (χ2v) is 9.95. The molecule has 0 spiro atoms. The number of aromatic nitrogens is 2. The lowest BCUT2D eigenvalue weighted by Gasteiger charge is -2.27. The van der Waals surface area contributed by atoms with Gasteiger partial charge in [-0.25, -0.2) is 13.8 Å². The van der Waals surface area contributed by atoms with Crippen molar-refractivity contribution in [2.45, 2.75) is 57.2 Å². The van der Waals surface area contributed by atoms with Crippen LogP contribution in [-0.4, -0.2) is 62.5 Å². The molecule has 36 heavy (non-hydrogen) atoms. The first-order valence-corrected chi connectivity index (χ1v) is 12.4. The van der Waals surface area contributed by atoms with Crippen molar-refractivity contribution in [2.24, 2.45) is 0 Å². The predicted molar refractivity (Wildman–Crippen MR) is 122 cm³/mol. The maximum absolute atomic E-state index is 15.6. The quantitative estimate of drug-likeness (QED) is 0.249. The summed E-state index contributed by atoms with van der Waals surface area (Å²) in [5.74, 6) is -3.90. The number of nitrogens with zero attached hydrogens (tertiary/aromatic N) is 1. The van der Waals surface area contributed by atoms with Crippen molar-refractivity contribution in [1.82, 2.24) is 14.6 Å². The average Bonchev–Trinajstić information content (AvgIpc) is 3.02. The summed E-state index contributed by atoms with van der Waals surface area (Å²) in [6, 6.07) is 7.38. The van der Waals surface area contributed by atoms with Gasteiger partial charge in [-0.3, -0.25) is 23.7 Å². The topological polar surface area (TPSA) is 178 Å². The molecule has 1 fully saturated rings. The van der Waals surface area contributed by atoms with Crippen LogP contribution in [-0.2, 0) is 23.4 Å². The van der Waals surface area contributed by atoms with Crippen molar-refractivity contribution in [3.8, 4) is 5.75 Å². The Morgan fingerprint density at radius 3 is 2.53 bits per heavy atom. The van der Waals surface area contributed by atoms with Gasteiger partial charge in [0.15, 0.2) is 6.23 Å². The van der Waals surface area contributed by atoms with Crippen molar-refractivity contribution < 1.29 is 42.5 Å². The third kappa shape index (κ3) is 6.46. The molecule has 4 N–H and O–H groups in total. The zero-order valence-electron chi connectivity index (χ0n) is 19.6. The fourth-order valence-electron chi connectivity index (χ4n) is 3.23. The number of nitrogens with one attached hydrogen (secondary N) is 2. The van der Waals surface area contributed by atoms with Gasteiger partial charge < -0.3 is 24.2 Å². The number of hydrogen-bond acceptors (Lipinski definition) is 10. The number of carbonyl (C=O) groups is 1.